The molecule has 0 spiro atoms. The second-order valence-electron chi connectivity index (χ2n) is 7.20. The maximum absolute atomic E-state index is 12.6. The summed E-state index contributed by atoms with van der Waals surface area (Å²) in [6.07, 6.45) is 2.59. The van der Waals surface area contributed by atoms with Gasteiger partial charge in [0.1, 0.15) is 18.0 Å². The molecule has 2 aromatic rings. The van der Waals surface area contributed by atoms with Crippen LogP contribution in [-0.4, -0.2) is 35.4 Å². The lowest BCUT2D eigenvalue weighted by Crippen LogP contribution is -2.38. The zero-order chi connectivity index (χ0) is 21.7. The van der Waals surface area contributed by atoms with Gasteiger partial charge in [-0.2, -0.15) is 0 Å². The van der Waals surface area contributed by atoms with Crippen LogP contribution >= 0.6 is 0 Å². The van der Waals surface area contributed by atoms with Gasteiger partial charge in [-0.05, 0) is 56.2 Å². The van der Waals surface area contributed by atoms with Crippen LogP contribution in [0.3, 0.4) is 0 Å². The fourth-order valence-electron chi connectivity index (χ4n) is 2.82. The van der Waals surface area contributed by atoms with Gasteiger partial charge in [0.2, 0.25) is 5.91 Å². The molecule has 0 aliphatic carbocycles. The Morgan fingerprint density at radius 3 is 2.43 bits per heavy atom. The molecule has 0 bridgehead atoms. The van der Waals surface area contributed by atoms with Crippen molar-refractivity contribution in [2.24, 2.45) is 0 Å². The zero-order valence-corrected chi connectivity index (χ0v) is 17.3. The fraction of sp³-hybridized carbons (Fsp3) is 0.261. The molecule has 4 amide bonds. The Labute approximate surface area is 175 Å². The van der Waals surface area contributed by atoms with Gasteiger partial charge in [0.05, 0.1) is 6.10 Å². The summed E-state index contributed by atoms with van der Waals surface area (Å²) in [6.45, 7) is 5.62. The summed E-state index contributed by atoms with van der Waals surface area (Å²) in [5.74, 6) is -0.253. The normalized spacial score (nSPS) is 15.8. The molecule has 3 rings (SSSR count). The zero-order valence-electron chi connectivity index (χ0n) is 17.3. The van der Waals surface area contributed by atoms with Gasteiger partial charge in [0, 0.05) is 5.69 Å². The molecule has 30 heavy (non-hydrogen) atoms. The number of imide groups is 1. The third-order valence-corrected chi connectivity index (χ3v) is 4.70. The first-order valence-corrected chi connectivity index (χ1v) is 9.83. The maximum atomic E-state index is 12.6. The number of benzene rings is 2. The van der Waals surface area contributed by atoms with E-state index in [-0.39, 0.29) is 18.3 Å². The first kappa shape index (κ1) is 21.1. The van der Waals surface area contributed by atoms with Crippen LogP contribution in [0.25, 0.3) is 6.08 Å². The van der Waals surface area contributed by atoms with Crippen LogP contribution in [0, 0.1) is 6.92 Å². The van der Waals surface area contributed by atoms with Crippen LogP contribution in [0.2, 0.25) is 0 Å². The van der Waals surface area contributed by atoms with Gasteiger partial charge in [0.15, 0.2) is 0 Å². The van der Waals surface area contributed by atoms with Crippen LogP contribution in [0.4, 0.5) is 10.5 Å². The predicted molar refractivity (Wildman–Crippen MR) is 115 cm³/mol. The van der Waals surface area contributed by atoms with Crippen molar-refractivity contribution in [1.82, 2.24) is 10.2 Å². The molecule has 1 saturated heterocycles. The summed E-state index contributed by atoms with van der Waals surface area (Å²) in [7, 11) is 0. The number of aryl methyl sites for hydroxylation is 1. The molecule has 0 aromatic heterocycles. The van der Waals surface area contributed by atoms with Crippen molar-refractivity contribution in [3.05, 3.63) is 65.4 Å². The van der Waals surface area contributed by atoms with Gasteiger partial charge in [0.25, 0.3) is 5.91 Å². The van der Waals surface area contributed by atoms with Crippen molar-refractivity contribution in [3.63, 3.8) is 0 Å². The smallest absolute Gasteiger partial charge is 0.329 e. The number of amides is 4. The van der Waals surface area contributed by atoms with E-state index in [0.717, 1.165) is 28.2 Å². The molecule has 1 heterocycles. The van der Waals surface area contributed by atoms with E-state index in [2.05, 4.69) is 10.6 Å². The van der Waals surface area contributed by atoms with Crippen molar-refractivity contribution >= 4 is 29.6 Å². The second-order valence-corrected chi connectivity index (χ2v) is 7.20. The third-order valence-electron chi connectivity index (χ3n) is 4.70. The lowest BCUT2D eigenvalue weighted by molar-refractivity contribution is -0.127. The summed E-state index contributed by atoms with van der Waals surface area (Å²) in [5, 5.41) is 5.20. The predicted octanol–water partition coefficient (Wildman–Crippen LogP) is 3.70. The average molecular weight is 407 g/mol. The molecule has 1 aliphatic rings. The van der Waals surface area contributed by atoms with Crippen LogP contribution in [0.1, 0.15) is 31.4 Å². The maximum Gasteiger partial charge on any atom is 0.329 e. The molecule has 1 unspecified atom stereocenters. The minimum atomic E-state index is -0.623. The number of nitrogens with zero attached hydrogens (tertiary/aromatic N) is 1. The highest BCUT2D eigenvalue weighted by atomic mass is 16.5. The van der Waals surface area contributed by atoms with Crippen molar-refractivity contribution in [3.8, 4) is 5.75 Å². The van der Waals surface area contributed by atoms with Gasteiger partial charge >= 0.3 is 6.03 Å². The Balaban J connectivity index is 1.63. The van der Waals surface area contributed by atoms with Gasteiger partial charge in [-0.3, -0.25) is 9.59 Å². The largest absolute Gasteiger partial charge is 0.491 e. The molecule has 1 fully saturated rings. The molecule has 2 N–H and O–H groups in total. The summed E-state index contributed by atoms with van der Waals surface area (Å²) in [6, 6.07) is 13.9. The van der Waals surface area contributed by atoms with E-state index in [1.54, 1.807) is 30.3 Å². The fourth-order valence-corrected chi connectivity index (χ4v) is 2.82. The Hall–Kier alpha value is -3.61. The lowest BCUT2D eigenvalue weighted by atomic mass is 10.2. The molecule has 7 heteroatoms. The Morgan fingerprint density at radius 2 is 1.80 bits per heavy atom. The first-order chi connectivity index (χ1) is 14.4. The van der Waals surface area contributed by atoms with Gasteiger partial charge in [-0.15, -0.1) is 0 Å². The van der Waals surface area contributed by atoms with Crippen molar-refractivity contribution in [2.45, 2.75) is 33.3 Å². The molecule has 2 aromatic carbocycles. The Morgan fingerprint density at radius 1 is 1.13 bits per heavy atom. The second kappa shape index (κ2) is 9.26. The summed E-state index contributed by atoms with van der Waals surface area (Å²) < 4.78 is 5.73. The van der Waals surface area contributed by atoms with Crippen LogP contribution in [0.5, 0.6) is 5.75 Å². The van der Waals surface area contributed by atoms with Crippen LogP contribution in [0.15, 0.2) is 54.2 Å². The summed E-state index contributed by atoms with van der Waals surface area (Å²) in [4.78, 5) is 37.9. The van der Waals surface area contributed by atoms with Gasteiger partial charge in [-0.25, -0.2) is 9.69 Å². The van der Waals surface area contributed by atoms with Gasteiger partial charge in [-0.1, -0.05) is 36.8 Å². The standard InChI is InChI=1S/C23H25N3O4/c1-4-16(3)30-19-11-7-17(8-12-19)13-20-22(28)26(23(29)25-20)14-21(27)24-18-9-5-15(2)6-10-18/h5-13,16H,4,14H2,1-3H3,(H,24,27)(H,25,29)/b20-13+. The van der Waals surface area contributed by atoms with E-state index in [1.165, 1.54) is 0 Å². The number of ether oxygens (including phenoxy) is 1. The van der Waals surface area contributed by atoms with E-state index in [9.17, 15) is 14.4 Å². The minimum Gasteiger partial charge on any atom is -0.491 e. The number of hydrogen-bond acceptors (Lipinski definition) is 4. The summed E-state index contributed by atoms with van der Waals surface area (Å²) >= 11 is 0. The molecular formula is C23H25N3O4. The van der Waals surface area contributed by atoms with Gasteiger partial charge < -0.3 is 15.4 Å². The number of urea groups is 1. The highest BCUT2D eigenvalue weighted by Crippen LogP contribution is 2.19. The van der Waals surface area contributed by atoms with E-state index in [4.69, 9.17) is 4.74 Å². The summed E-state index contributed by atoms with van der Waals surface area (Å²) in [5.41, 5.74) is 2.53. The molecule has 1 atom stereocenters. The highest BCUT2D eigenvalue weighted by Gasteiger charge is 2.34. The topological polar surface area (TPSA) is 87.7 Å². The van der Waals surface area contributed by atoms with E-state index >= 15 is 0 Å². The number of rotatable bonds is 7. The number of anilines is 1. The Bertz CT molecular complexity index is 965. The SMILES string of the molecule is CCC(C)Oc1ccc(/C=C2/NC(=O)N(CC(=O)Nc3ccc(C)cc3)C2=O)cc1. The molecule has 0 saturated carbocycles. The number of nitrogens with one attached hydrogen (secondary N) is 2. The first-order valence-electron chi connectivity index (χ1n) is 9.83. The van der Waals surface area contributed by atoms with Crippen molar-refractivity contribution < 1.29 is 19.1 Å². The van der Waals surface area contributed by atoms with Crippen molar-refractivity contribution in [2.75, 3.05) is 11.9 Å². The third kappa shape index (κ3) is 5.26. The van der Waals surface area contributed by atoms with E-state index < -0.39 is 17.8 Å². The quantitative estimate of drug-likeness (QED) is 0.541. The molecule has 7 nitrogen and oxygen atoms in total. The molecule has 156 valence electrons. The highest BCUT2D eigenvalue weighted by molar-refractivity contribution is 6.15. The molecule has 1 aliphatic heterocycles. The monoisotopic (exact) mass is 407 g/mol. The van der Waals surface area contributed by atoms with Crippen molar-refractivity contribution in [1.29, 1.82) is 0 Å². The van der Waals surface area contributed by atoms with E-state index in [1.807, 2.05) is 45.0 Å². The van der Waals surface area contributed by atoms with Crippen LogP contribution < -0.4 is 15.4 Å². The van der Waals surface area contributed by atoms with Crippen LogP contribution in [-0.2, 0) is 9.59 Å². The van der Waals surface area contributed by atoms with E-state index in [0.29, 0.717) is 5.69 Å². The number of carbonyl (C=O) groups excluding carboxylic acids is 3. The number of hydrogen-bond donors (Lipinski definition) is 2. The lowest BCUT2D eigenvalue weighted by Gasteiger charge is -2.12. The molecular weight excluding hydrogens is 382 g/mol. The molecule has 0 radical (unpaired) electrons. The number of carbonyl (C=O) groups is 3. The average Bonchev–Trinajstić information content (AvgIpc) is 2.98. The Kier molecular flexibility index (Phi) is 6.51. The minimum absolute atomic E-state index is 0.115.